The van der Waals surface area contributed by atoms with Crippen LogP contribution in [-0.2, 0) is 6.42 Å². The zero-order valence-corrected chi connectivity index (χ0v) is 21.7. The number of rotatable bonds is 6. The average Bonchev–Trinajstić information content (AvgIpc) is 2.93. The minimum Gasteiger partial charge on any atom is -0.497 e. The fraction of sp³-hybridized carbons (Fsp3) is 0.152. The molecule has 0 aliphatic carbocycles. The maximum atomic E-state index is 13.2. The van der Waals surface area contributed by atoms with Gasteiger partial charge < -0.3 is 15.4 Å². The number of allylic oxidation sites excluding steroid dienone is 1. The van der Waals surface area contributed by atoms with E-state index in [9.17, 15) is 9.59 Å². The van der Waals surface area contributed by atoms with Gasteiger partial charge in [0.1, 0.15) is 5.75 Å². The molecule has 0 saturated carbocycles. The highest BCUT2D eigenvalue weighted by Crippen LogP contribution is 2.32. The zero-order chi connectivity index (χ0) is 26.7. The Morgan fingerprint density at radius 2 is 1.50 bits per heavy atom. The Morgan fingerprint density at radius 3 is 2.18 bits per heavy atom. The number of ether oxygens (including phenoxy) is 1. The molecule has 0 unspecified atom stereocenters. The van der Waals surface area contributed by atoms with Gasteiger partial charge in [-0.2, -0.15) is 0 Å². The van der Waals surface area contributed by atoms with Gasteiger partial charge in [-0.15, -0.1) is 0 Å². The molecule has 1 amide bonds. The molecular weight excluding hydrogens is 472 g/mol. The molecule has 4 aromatic carbocycles. The van der Waals surface area contributed by atoms with Crippen molar-refractivity contribution in [1.29, 1.82) is 0 Å². The van der Waals surface area contributed by atoms with Gasteiger partial charge >= 0.3 is 0 Å². The van der Waals surface area contributed by atoms with Crippen LogP contribution in [0, 0.1) is 0 Å². The van der Waals surface area contributed by atoms with Crippen LogP contribution in [-0.4, -0.2) is 24.3 Å². The van der Waals surface area contributed by atoms with Crippen LogP contribution in [0.1, 0.15) is 45.7 Å². The van der Waals surface area contributed by atoms with E-state index in [4.69, 9.17) is 4.74 Å². The number of carbonyl (C=O) groups is 2. The highest BCUT2D eigenvalue weighted by atomic mass is 16.5. The monoisotopic (exact) mass is 502 g/mol. The second kappa shape index (κ2) is 10.4. The van der Waals surface area contributed by atoms with Gasteiger partial charge in [-0.25, -0.2) is 0 Å². The molecule has 5 rings (SSSR count). The Bertz CT molecular complexity index is 1500. The second-order valence-corrected chi connectivity index (χ2v) is 10.1. The molecule has 0 fully saturated rings. The molecule has 1 aliphatic rings. The van der Waals surface area contributed by atoms with Crippen molar-refractivity contribution in [3.63, 3.8) is 0 Å². The number of carbonyl (C=O) groups excluding carboxylic acids is 2. The summed E-state index contributed by atoms with van der Waals surface area (Å²) in [6, 6.07) is 30.5. The van der Waals surface area contributed by atoms with Gasteiger partial charge in [0, 0.05) is 39.7 Å². The van der Waals surface area contributed by atoms with Gasteiger partial charge in [0.25, 0.3) is 5.91 Å². The number of hydrogen-bond acceptors (Lipinski definition) is 4. The maximum absolute atomic E-state index is 13.2. The van der Waals surface area contributed by atoms with Crippen molar-refractivity contribution in [1.82, 2.24) is 5.32 Å². The smallest absolute Gasteiger partial charge is 0.255 e. The number of ketones is 1. The van der Waals surface area contributed by atoms with Crippen LogP contribution in [0.15, 0.2) is 103 Å². The predicted molar refractivity (Wildman–Crippen MR) is 152 cm³/mol. The molecule has 4 aromatic rings. The van der Waals surface area contributed by atoms with Crippen LogP contribution in [0.4, 0.5) is 5.69 Å². The molecule has 0 saturated heterocycles. The standard InChI is InChI=1S/C33H30N2O3/c1-33(2)21-26-15-18-28(38-3)19-29(26)30(35-33)20-31(36)24-13-16-27(17-14-24)34-32(37)25-11-9-23(10-12-25)22-7-5-4-6-8-22/h4-20,35H,21H2,1-3H3,(H,34,37). The van der Waals surface area contributed by atoms with E-state index in [0.29, 0.717) is 16.8 Å². The number of benzene rings is 4. The summed E-state index contributed by atoms with van der Waals surface area (Å²) < 4.78 is 5.40. The normalized spacial score (nSPS) is 14.8. The van der Waals surface area contributed by atoms with Crippen LogP contribution >= 0.6 is 0 Å². The van der Waals surface area contributed by atoms with Crippen LogP contribution in [0.3, 0.4) is 0 Å². The molecule has 2 N–H and O–H groups in total. The average molecular weight is 503 g/mol. The van der Waals surface area contributed by atoms with Crippen molar-refractivity contribution in [2.75, 3.05) is 12.4 Å². The van der Waals surface area contributed by atoms with Gasteiger partial charge in [-0.05, 0) is 85.5 Å². The van der Waals surface area contributed by atoms with E-state index in [1.807, 2.05) is 66.7 Å². The third-order valence-electron chi connectivity index (χ3n) is 6.67. The highest BCUT2D eigenvalue weighted by Gasteiger charge is 2.28. The van der Waals surface area contributed by atoms with Crippen LogP contribution in [0.25, 0.3) is 16.8 Å². The van der Waals surface area contributed by atoms with Crippen molar-refractivity contribution >= 4 is 23.1 Å². The molecule has 0 radical (unpaired) electrons. The summed E-state index contributed by atoms with van der Waals surface area (Å²) in [4.78, 5) is 25.9. The van der Waals surface area contributed by atoms with Crippen molar-refractivity contribution in [3.05, 3.63) is 125 Å². The lowest BCUT2D eigenvalue weighted by molar-refractivity contribution is 0.102. The van der Waals surface area contributed by atoms with E-state index in [1.165, 1.54) is 5.56 Å². The number of nitrogens with one attached hydrogen (secondary N) is 2. The van der Waals surface area contributed by atoms with Crippen molar-refractivity contribution < 1.29 is 14.3 Å². The molecular formula is C33H30N2O3. The number of anilines is 1. The molecule has 0 aromatic heterocycles. The third-order valence-corrected chi connectivity index (χ3v) is 6.67. The molecule has 38 heavy (non-hydrogen) atoms. The summed E-state index contributed by atoms with van der Waals surface area (Å²) in [6.07, 6.45) is 2.49. The fourth-order valence-corrected chi connectivity index (χ4v) is 4.73. The molecule has 0 bridgehead atoms. The van der Waals surface area contributed by atoms with Crippen LogP contribution < -0.4 is 15.4 Å². The Hall–Kier alpha value is -4.64. The second-order valence-electron chi connectivity index (χ2n) is 10.1. The Labute approximate surface area is 223 Å². The van der Waals surface area contributed by atoms with E-state index in [0.717, 1.165) is 34.6 Å². The van der Waals surface area contributed by atoms with Crippen LogP contribution in [0.2, 0.25) is 0 Å². The summed E-state index contributed by atoms with van der Waals surface area (Å²) >= 11 is 0. The molecule has 0 atom stereocenters. The summed E-state index contributed by atoms with van der Waals surface area (Å²) in [5.74, 6) is 0.428. The van der Waals surface area contributed by atoms with Crippen molar-refractivity contribution in [2.24, 2.45) is 0 Å². The molecule has 5 heteroatoms. The minimum absolute atomic E-state index is 0.117. The molecule has 190 valence electrons. The lowest BCUT2D eigenvalue weighted by Gasteiger charge is -2.35. The molecule has 1 heterocycles. The van der Waals surface area contributed by atoms with E-state index in [2.05, 4.69) is 30.5 Å². The third kappa shape index (κ3) is 5.52. The topological polar surface area (TPSA) is 67.4 Å². The summed E-state index contributed by atoms with van der Waals surface area (Å²) in [5, 5.41) is 6.41. The fourth-order valence-electron chi connectivity index (χ4n) is 4.73. The van der Waals surface area contributed by atoms with Gasteiger partial charge in [0.05, 0.1) is 7.11 Å². The summed E-state index contributed by atoms with van der Waals surface area (Å²) in [7, 11) is 1.64. The Balaban J connectivity index is 1.29. The lowest BCUT2D eigenvalue weighted by atomic mass is 9.85. The SMILES string of the molecule is COc1ccc2c(c1)C(=CC(=O)c1ccc(NC(=O)c3ccc(-c4ccccc4)cc3)cc1)NC(C)(C)C2. The minimum atomic E-state index is -0.204. The first-order valence-electron chi connectivity index (χ1n) is 12.6. The van der Waals surface area contributed by atoms with E-state index < -0.39 is 0 Å². The summed E-state index contributed by atoms with van der Waals surface area (Å²) in [6.45, 7) is 4.23. The number of amides is 1. The molecule has 5 nitrogen and oxygen atoms in total. The lowest BCUT2D eigenvalue weighted by Crippen LogP contribution is -2.43. The Kier molecular flexibility index (Phi) is 6.84. The van der Waals surface area contributed by atoms with Gasteiger partial charge in [-0.3, -0.25) is 9.59 Å². The van der Waals surface area contributed by atoms with E-state index in [1.54, 1.807) is 37.5 Å². The van der Waals surface area contributed by atoms with Gasteiger partial charge in [0.15, 0.2) is 5.78 Å². The first-order chi connectivity index (χ1) is 18.3. The van der Waals surface area contributed by atoms with Crippen molar-refractivity contribution in [3.8, 4) is 16.9 Å². The van der Waals surface area contributed by atoms with Gasteiger partial charge in [0.2, 0.25) is 0 Å². The summed E-state index contributed by atoms with van der Waals surface area (Å²) in [5.41, 5.74) is 6.62. The van der Waals surface area contributed by atoms with Crippen LogP contribution in [0.5, 0.6) is 5.75 Å². The largest absolute Gasteiger partial charge is 0.497 e. The van der Waals surface area contributed by atoms with E-state index in [-0.39, 0.29) is 17.2 Å². The maximum Gasteiger partial charge on any atom is 0.255 e. The highest BCUT2D eigenvalue weighted by molar-refractivity contribution is 6.09. The van der Waals surface area contributed by atoms with E-state index >= 15 is 0 Å². The number of fused-ring (bicyclic) bond motifs is 1. The first kappa shape index (κ1) is 25.0. The Morgan fingerprint density at radius 1 is 0.842 bits per heavy atom. The number of methoxy groups -OCH3 is 1. The first-order valence-corrected chi connectivity index (χ1v) is 12.6. The molecule has 0 spiro atoms. The van der Waals surface area contributed by atoms with Gasteiger partial charge in [-0.1, -0.05) is 48.5 Å². The van der Waals surface area contributed by atoms with Crippen molar-refractivity contribution in [2.45, 2.75) is 25.8 Å². The molecule has 1 aliphatic heterocycles. The number of hydrogen-bond donors (Lipinski definition) is 2. The zero-order valence-electron chi connectivity index (χ0n) is 21.7. The quantitative estimate of drug-likeness (QED) is 0.226. The predicted octanol–water partition coefficient (Wildman–Crippen LogP) is 6.76.